The van der Waals surface area contributed by atoms with Gasteiger partial charge in [-0.2, -0.15) is 13.2 Å². The molecule has 0 aliphatic carbocycles. The van der Waals surface area contributed by atoms with E-state index in [0.717, 1.165) is 72.3 Å². The van der Waals surface area contributed by atoms with E-state index >= 15 is 0 Å². The number of hydrogen-bond acceptors (Lipinski definition) is 4. The Labute approximate surface area is 189 Å². The van der Waals surface area contributed by atoms with Crippen molar-refractivity contribution in [1.82, 2.24) is 0 Å². The van der Waals surface area contributed by atoms with Gasteiger partial charge < -0.3 is 18.9 Å². The second-order valence-corrected chi connectivity index (χ2v) is 9.02. The first-order valence-corrected chi connectivity index (χ1v) is 12.0. The molecule has 2 aliphatic rings. The molecule has 2 aliphatic heterocycles. The van der Waals surface area contributed by atoms with E-state index in [4.69, 9.17) is 18.9 Å². The van der Waals surface area contributed by atoms with Crippen LogP contribution in [0.2, 0.25) is 0 Å². The van der Waals surface area contributed by atoms with Crippen molar-refractivity contribution in [2.24, 2.45) is 0 Å². The Morgan fingerprint density at radius 2 is 1.31 bits per heavy atom. The van der Waals surface area contributed by atoms with Crippen LogP contribution in [0, 0.1) is 20.8 Å². The second kappa shape index (κ2) is 11.6. The first-order valence-electron chi connectivity index (χ1n) is 12.0. The fourth-order valence-corrected chi connectivity index (χ4v) is 4.47. The van der Waals surface area contributed by atoms with Crippen molar-refractivity contribution in [3.05, 3.63) is 22.3 Å². The normalized spacial score (nSPS) is 22.1. The van der Waals surface area contributed by atoms with Gasteiger partial charge in [-0.25, -0.2) is 0 Å². The van der Waals surface area contributed by atoms with Crippen LogP contribution in [0.4, 0.5) is 13.2 Å². The van der Waals surface area contributed by atoms with Crippen molar-refractivity contribution < 1.29 is 32.1 Å². The van der Waals surface area contributed by atoms with E-state index in [1.54, 1.807) is 0 Å². The molecule has 2 heterocycles. The van der Waals surface area contributed by atoms with Crippen LogP contribution in [-0.2, 0) is 15.9 Å². The van der Waals surface area contributed by atoms with Crippen LogP contribution in [0.5, 0.6) is 11.5 Å². The molecule has 0 amide bonds. The highest BCUT2D eigenvalue weighted by Gasteiger charge is 2.27. The maximum absolute atomic E-state index is 12.5. The van der Waals surface area contributed by atoms with Crippen molar-refractivity contribution in [3.63, 3.8) is 0 Å². The van der Waals surface area contributed by atoms with Gasteiger partial charge in [0, 0.05) is 24.8 Å². The van der Waals surface area contributed by atoms with Gasteiger partial charge in [0.2, 0.25) is 0 Å². The lowest BCUT2D eigenvalue weighted by Crippen LogP contribution is -2.27. The Morgan fingerprint density at radius 1 is 0.750 bits per heavy atom. The highest BCUT2D eigenvalue weighted by molar-refractivity contribution is 5.58. The topological polar surface area (TPSA) is 36.9 Å². The van der Waals surface area contributed by atoms with Crippen LogP contribution in [0.1, 0.15) is 86.5 Å². The van der Waals surface area contributed by atoms with Gasteiger partial charge in [0.25, 0.3) is 0 Å². The summed E-state index contributed by atoms with van der Waals surface area (Å²) in [5.41, 5.74) is 4.02. The average Bonchev–Trinajstić information content (AvgIpc) is 2.77. The fraction of sp³-hybridized carbons (Fsp3) is 0.760. The van der Waals surface area contributed by atoms with E-state index in [0.29, 0.717) is 32.5 Å². The molecule has 0 saturated carbocycles. The predicted molar refractivity (Wildman–Crippen MR) is 117 cm³/mol. The fourth-order valence-electron chi connectivity index (χ4n) is 4.47. The summed E-state index contributed by atoms with van der Waals surface area (Å²) in [4.78, 5) is 0. The zero-order chi connectivity index (χ0) is 23.1. The quantitative estimate of drug-likeness (QED) is 0.370. The molecule has 2 unspecified atom stereocenters. The van der Waals surface area contributed by atoms with Crippen molar-refractivity contribution >= 4 is 0 Å². The molecule has 0 bridgehead atoms. The number of alkyl halides is 3. The van der Waals surface area contributed by atoms with Gasteiger partial charge in [0.1, 0.15) is 11.5 Å². The predicted octanol–water partition coefficient (Wildman–Crippen LogP) is 7.09. The molecule has 2 fully saturated rings. The van der Waals surface area contributed by atoms with Crippen molar-refractivity contribution in [2.45, 2.75) is 110 Å². The standard InChI is InChI=1S/C25H37F3O4/c1-17-18(2)24(32-22-13-7-10-16-30-22)20(11-5-4-8-14-25(26,27)28)19(3)23(17)31-21-12-6-9-15-29-21/h21-22H,4-16H2,1-3H3. The molecule has 3 rings (SSSR count). The molecule has 1 aromatic carbocycles. The highest BCUT2D eigenvalue weighted by atomic mass is 19.4. The monoisotopic (exact) mass is 458 g/mol. The summed E-state index contributed by atoms with van der Waals surface area (Å²) in [6, 6.07) is 0. The molecule has 182 valence electrons. The third-order valence-corrected chi connectivity index (χ3v) is 6.47. The molecule has 1 aromatic rings. The lowest BCUT2D eigenvalue weighted by molar-refractivity contribution is -0.135. The first-order chi connectivity index (χ1) is 15.3. The smallest absolute Gasteiger partial charge is 0.389 e. The lowest BCUT2D eigenvalue weighted by Gasteiger charge is -2.30. The molecule has 2 saturated heterocycles. The summed E-state index contributed by atoms with van der Waals surface area (Å²) in [7, 11) is 0. The lowest BCUT2D eigenvalue weighted by atomic mass is 9.93. The van der Waals surface area contributed by atoms with Crippen LogP contribution in [-0.4, -0.2) is 32.0 Å². The summed E-state index contributed by atoms with van der Waals surface area (Å²) in [5, 5.41) is 0. The zero-order valence-corrected chi connectivity index (χ0v) is 19.6. The van der Waals surface area contributed by atoms with Gasteiger partial charge in [-0.05, 0) is 82.4 Å². The maximum atomic E-state index is 12.5. The van der Waals surface area contributed by atoms with Crippen LogP contribution in [0.25, 0.3) is 0 Å². The molecular formula is C25H37F3O4. The maximum Gasteiger partial charge on any atom is 0.389 e. The molecule has 0 spiro atoms. The summed E-state index contributed by atoms with van der Waals surface area (Å²) in [5.74, 6) is 1.62. The number of halogens is 3. The zero-order valence-electron chi connectivity index (χ0n) is 19.6. The number of unbranched alkanes of at least 4 members (excludes halogenated alkanes) is 2. The number of benzene rings is 1. The average molecular weight is 459 g/mol. The van der Waals surface area contributed by atoms with E-state index in [2.05, 4.69) is 0 Å². The largest absolute Gasteiger partial charge is 0.464 e. The van der Waals surface area contributed by atoms with Crippen molar-refractivity contribution in [1.29, 1.82) is 0 Å². The van der Waals surface area contributed by atoms with Crippen LogP contribution in [0.15, 0.2) is 0 Å². The number of ether oxygens (including phenoxy) is 4. The van der Waals surface area contributed by atoms with E-state index in [9.17, 15) is 13.2 Å². The highest BCUT2D eigenvalue weighted by Crippen LogP contribution is 2.41. The molecule has 4 nitrogen and oxygen atoms in total. The van der Waals surface area contributed by atoms with Gasteiger partial charge in [-0.15, -0.1) is 0 Å². The molecule has 0 N–H and O–H groups in total. The van der Waals surface area contributed by atoms with E-state index in [-0.39, 0.29) is 19.0 Å². The Bertz CT molecular complexity index is 736. The van der Waals surface area contributed by atoms with Crippen LogP contribution < -0.4 is 9.47 Å². The van der Waals surface area contributed by atoms with Gasteiger partial charge in [-0.3, -0.25) is 0 Å². The Balaban J connectivity index is 1.80. The SMILES string of the molecule is Cc1c(C)c(OC2CCCCO2)c(CCCCCC(F)(F)F)c(C)c1OC1CCCCO1. The molecule has 7 heteroatoms. The van der Waals surface area contributed by atoms with Gasteiger partial charge >= 0.3 is 6.18 Å². The summed E-state index contributed by atoms with van der Waals surface area (Å²) >= 11 is 0. The Hall–Kier alpha value is -1.47. The minimum atomic E-state index is -4.09. The van der Waals surface area contributed by atoms with E-state index < -0.39 is 12.6 Å². The molecule has 32 heavy (non-hydrogen) atoms. The van der Waals surface area contributed by atoms with Crippen LogP contribution in [0.3, 0.4) is 0 Å². The van der Waals surface area contributed by atoms with Crippen molar-refractivity contribution in [2.75, 3.05) is 13.2 Å². The molecular weight excluding hydrogens is 421 g/mol. The summed E-state index contributed by atoms with van der Waals surface area (Å²) in [6.07, 6.45) is 2.56. The van der Waals surface area contributed by atoms with Gasteiger partial charge in [0.05, 0.1) is 13.2 Å². The third kappa shape index (κ3) is 7.01. The Kier molecular flexibility index (Phi) is 9.12. The third-order valence-electron chi connectivity index (χ3n) is 6.47. The minimum Gasteiger partial charge on any atom is -0.464 e. The number of hydrogen-bond donors (Lipinski definition) is 0. The molecule has 0 radical (unpaired) electrons. The molecule has 2 atom stereocenters. The van der Waals surface area contributed by atoms with Gasteiger partial charge in [0.15, 0.2) is 12.6 Å². The van der Waals surface area contributed by atoms with Crippen molar-refractivity contribution in [3.8, 4) is 11.5 Å². The van der Waals surface area contributed by atoms with E-state index in [1.807, 2.05) is 20.8 Å². The summed E-state index contributed by atoms with van der Waals surface area (Å²) < 4.78 is 61.8. The second-order valence-electron chi connectivity index (χ2n) is 9.02. The number of rotatable bonds is 9. The Morgan fingerprint density at radius 3 is 1.84 bits per heavy atom. The van der Waals surface area contributed by atoms with Gasteiger partial charge in [-0.1, -0.05) is 6.42 Å². The van der Waals surface area contributed by atoms with Crippen LogP contribution >= 0.6 is 0 Å². The minimum absolute atomic E-state index is 0.147. The summed E-state index contributed by atoms with van der Waals surface area (Å²) in [6.45, 7) is 7.46. The van der Waals surface area contributed by atoms with E-state index in [1.165, 1.54) is 0 Å². The first kappa shape index (κ1) is 25.2. The molecule has 0 aromatic heterocycles.